The quantitative estimate of drug-likeness (QED) is 0.750. The first-order valence-corrected chi connectivity index (χ1v) is 7.45. The molecule has 1 heterocycles. The van der Waals surface area contributed by atoms with Gasteiger partial charge < -0.3 is 15.2 Å². The van der Waals surface area contributed by atoms with Gasteiger partial charge in [-0.2, -0.15) is 0 Å². The van der Waals surface area contributed by atoms with Crippen LogP contribution in [-0.2, 0) is 19.8 Å². The number of carbonyl (C=O) groups excluding carboxylic acids is 1. The van der Waals surface area contributed by atoms with Gasteiger partial charge in [-0.05, 0) is 18.5 Å². The van der Waals surface area contributed by atoms with Crippen LogP contribution in [0.5, 0.6) is 0 Å². The third-order valence-electron chi connectivity index (χ3n) is 3.86. The molecule has 2 atom stereocenters. The summed E-state index contributed by atoms with van der Waals surface area (Å²) >= 11 is 0. The Labute approximate surface area is 125 Å². The first-order valence-electron chi connectivity index (χ1n) is 7.45. The second kappa shape index (κ2) is 7.54. The van der Waals surface area contributed by atoms with Gasteiger partial charge in [0.1, 0.15) is 5.54 Å². The van der Waals surface area contributed by atoms with Gasteiger partial charge >= 0.3 is 0 Å². The summed E-state index contributed by atoms with van der Waals surface area (Å²) in [6, 6.07) is 9.51. The van der Waals surface area contributed by atoms with Crippen molar-refractivity contribution in [2.24, 2.45) is 11.7 Å². The Hall–Kier alpha value is -1.43. The summed E-state index contributed by atoms with van der Waals surface area (Å²) in [4.78, 5) is 12.1. The molecule has 0 spiro atoms. The van der Waals surface area contributed by atoms with Crippen molar-refractivity contribution in [1.29, 1.82) is 0 Å². The van der Waals surface area contributed by atoms with Crippen LogP contribution in [0, 0.1) is 5.92 Å². The number of likely N-dealkylation sites (N-methyl/N-ethyl adjacent to an activating group) is 1. The second-order valence-corrected chi connectivity index (χ2v) is 5.41. The highest BCUT2D eigenvalue weighted by Gasteiger charge is 2.38. The molecule has 2 rings (SSSR count). The Morgan fingerprint density at radius 3 is 2.81 bits per heavy atom. The van der Waals surface area contributed by atoms with E-state index < -0.39 is 11.4 Å². The van der Waals surface area contributed by atoms with E-state index in [1.165, 1.54) is 0 Å². The molecular weight excluding hydrogens is 268 g/mol. The number of amides is 1. The van der Waals surface area contributed by atoms with Crippen LogP contribution >= 0.6 is 0 Å². The Kier molecular flexibility index (Phi) is 5.73. The predicted octanol–water partition coefficient (Wildman–Crippen LogP) is 1.03. The molecule has 1 aromatic rings. The molecule has 0 radical (unpaired) electrons. The Morgan fingerprint density at radius 2 is 2.24 bits per heavy atom. The largest absolute Gasteiger partial charge is 0.381 e. The van der Waals surface area contributed by atoms with E-state index in [1.807, 2.05) is 37.3 Å². The summed E-state index contributed by atoms with van der Waals surface area (Å²) in [7, 11) is 0. The molecule has 2 unspecified atom stereocenters. The lowest BCUT2D eigenvalue weighted by atomic mass is 9.89. The van der Waals surface area contributed by atoms with Crippen LogP contribution in [0.15, 0.2) is 30.3 Å². The van der Waals surface area contributed by atoms with Gasteiger partial charge in [-0.1, -0.05) is 37.3 Å². The number of ether oxygens (including phenoxy) is 2. The number of carbonyl (C=O) groups is 1. The minimum atomic E-state index is -0.977. The average molecular weight is 292 g/mol. The molecule has 1 fully saturated rings. The zero-order chi connectivity index (χ0) is 15.1. The molecule has 3 N–H and O–H groups in total. The number of hydrogen-bond acceptors (Lipinski definition) is 4. The van der Waals surface area contributed by atoms with Gasteiger partial charge in [0, 0.05) is 12.5 Å². The van der Waals surface area contributed by atoms with Gasteiger partial charge in [0.15, 0.2) is 0 Å². The van der Waals surface area contributed by atoms with Crippen molar-refractivity contribution in [2.45, 2.75) is 18.9 Å². The molecule has 1 amide bonds. The van der Waals surface area contributed by atoms with Crippen molar-refractivity contribution in [2.75, 3.05) is 33.0 Å². The fourth-order valence-corrected chi connectivity index (χ4v) is 2.65. The maximum atomic E-state index is 12.1. The highest BCUT2D eigenvalue weighted by molar-refractivity contribution is 5.86. The van der Waals surface area contributed by atoms with E-state index in [0.717, 1.165) is 25.2 Å². The topological polar surface area (TPSA) is 73.6 Å². The first kappa shape index (κ1) is 15.9. The van der Waals surface area contributed by atoms with Crippen molar-refractivity contribution in [1.82, 2.24) is 5.32 Å². The standard InChI is InChI=1S/C16H24N2O3/c1-2-18-16(15(17)19,14-6-4-3-5-7-14)12-21-11-13-8-9-20-10-13/h3-7,13,18H,2,8-12H2,1H3,(H2,17,19). The van der Waals surface area contributed by atoms with Crippen LogP contribution < -0.4 is 11.1 Å². The zero-order valence-corrected chi connectivity index (χ0v) is 12.5. The molecule has 1 saturated heterocycles. The summed E-state index contributed by atoms with van der Waals surface area (Å²) in [5.74, 6) is -0.00815. The number of benzene rings is 1. The van der Waals surface area contributed by atoms with Gasteiger partial charge in [-0.3, -0.25) is 10.1 Å². The van der Waals surface area contributed by atoms with Crippen LogP contribution in [0.3, 0.4) is 0 Å². The van der Waals surface area contributed by atoms with Gasteiger partial charge in [-0.15, -0.1) is 0 Å². The number of hydrogen-bond donors (Lipinski definition) is 2. The van der Waals surface area contributed by atoms with Crippen molar-refractivity contribution in [3.05, 3.63) is 35.9 Å². The lowest BCUT2D eigenvalue weighted by Crippen LogP contribution is -2.56. The summed E-state index contributed by atoms with van der Waals surface area (Å²) in [5.41, 5.74) is 5.54. The lowest BCUT2D eigenvalue weighted by molar-refractivity contribution is -0.128. The van der Waals surface area contributed by atoms with Gasteiger partial charge in [-0.25, -0.2) is 0 Å². The third kappa shape index (κ3) is 3.81. The number of rotatable bonds is 8. The van der Waals surface area contributed by atoms with Gasteiger partial charge in [0.25, 0.3) is 0 Å². The van der Waals surface area contributed by atoms with E-state index in [4.69, 9.17) is 15.2 Å². The normalized spacial score (nSPS) is 21.1. The highest BCUT2D eigenvalue weighted by atomic mass is 16.5. The monoisotopic (exact) mass is 292 g/mol. The summed E-state index contributed by atoms with van der Waals surface area (Å²) in [6.07, 6.45) is 1.01. The Morgan fingerprint density at radius 1 is 1.48 bits per heavy atom. The van der Waals surface area contributed by atoms with E-state index >= 15 is 0 Å². The fourth-order valence-electron chi connectivity index (χ4n) is 2.65. The maximum Gasteiger partial charge on any atom is 0.244 e. The molecule has 0 aromatic heterocycles. The summed E-state index contributed by atoms with van der Waals surface area (Å²) < 4.78 is 11.1. The molecule has 1 aromatic carbocycles. The van der Waals surface area contributed by atoms with Crippen molar-refractivity contribution in [3.8, 4) is 0 Å². The average Bonchev–Trinajstić information content (AvgIpc) is 3.00. The number of primary amides is 1. The highest BCUT2D eigenvalue weighted by Crippen LogP contribution is 2.22. The van der Waals surface area contributed by atoms with Crippen LogP contribution in [-0.4, -0.2) is 38.9 Å². The van der Waals surface area contributed by atoms with Crippen molar-refractivity contribution >= 4 is 5.91 Å². The zero-order valence-electron chi connectivity index (χ0n) is 12.5. The Bertz CT molecular complexity index is 446. The molecule has 0 bridgehead atoms. The van der Waals surface area contributed by atoms with Crippen LogP contribution in [0.2, 0.25) is 0 Å². The summed E-state index contributed by atoms with van der Waals surface area (Å²) in [5, 5.41) is 3.21. The minimum absolute atomic E-state index is 0.233. The van der Waals surface area contributed by atoms with Gasteiger partial charge in [0.2, 0.25) is 5.91 Å². The SMILES string of the molecule is CCNC(COCC1CCOC1)(C(N)=O)c1ccccc1. The molecule has 5 heteroatoms. The van der Waals surface area contributed by atoms with Gasteiger partial charge in [0.05, 0.1) is 19.8 Å². The van der Waals surface area contributed by atoms with Crippen molar-refractivity contribution in [3.63, 3.8) is 0 Å². The molecule has 5 nitrogen and oxygen atoms in total. The Balaban J connectivity index is 2.09. The van der Waals surface area contributed by atoms with E-state index in [2.05, 4.69) is 5.32 Å². The number of nitrogens with two attached hydrogens (primary N) is 1. The molecule has 0 aliphatic carbocycles. The first-order chi connectivity index (χ1) is 10.2. The molecular formula is C16H24N2O3. The lowest BCUT2D eigenvalue weighted by Gasteiger charge is -2.32. The van der Waals surface area contributed by atoms with Crippen LogP contribution in [0.1, 0.15) is 18.9 Å². The molecule has 0 saturated carbocycles. The smallest absolute Gasteiger partial charge is 0.244 e. The second-order valence-electron chi connectivity index (χ2n) is 5.41. The summed E-state index contributed by atoms with van der Waals surface area (Å²) in [6.45, 7) is 4.93. The van der Waals surface area contributed by atoms with E-state index in [-0.39, 0.29) is 6.61 Å². The molecule has 116 valence electrons. The fraction of sp³-hybridized carbons (Fsp3) is 0.562. The van der Waals surface area contributed by atoms with Crippen LogP contribution in [0.4, 0.5) is 0 Å². The third-order valence-corrected chi connectivity index (χ3v) is 3.86. The number of nitrogens with one attached hydrogen (secondary N) is 1. The van der Waals surface area contributed by atoms with Crippen LogP contribution in [0.25, 0.3) is 0 Å². The predicted molar refractivity (Wildman–Crippen MR) is 80.7 cm³/mol. The van der Waals surface area contributed by atoms with E-state index in [1.54, 1.807) is 0 Å². The van der Waals surface area contributed by atoms with E-state index in [9.17, 15) is 4.79 Å². The van der Waals surface area contributed by atoms with E-state index in [0.29, 0.717) is 19.1 Å². The minimum Gasteiger partial charge on any atom is -0.381 e. The molecule has 1 aliphatic heterocycles. The molecule has 21 heavy (non-hydrogen) atoms. The van der Waals surface area contributed by atoms with Crippen molar-refractivity contribution < 1.29 is 14.3 Å². The maximum absolute atomic E-state index is 12.1. The molecule has 1 aliphatic rings.